The van der Waals surface area contributed by atoms with Crippen LogP contribution >= 0.6 is 23.4 Å². The molecule has 0 aromatic carbocycles. The predicted molar refractivity (Wildman–Crippen MR) is 63.1 cm³/mol. The number of nitrogens with zero attached hydrogens (tertiary/aromatic N) is 2. The van der Waals surface area contributed by atoms with E-state index in [9.17, 15) is 0 Å². The molecule has 1 aromatic rings. The Bertz CT molecular complexity index is 270. The summed E-state index contributed by atoms with van der Waals surface area (Å²) in [5, 5.41) is 3.49. The Morgan fingerprint density at radius 1 is 1.50 bits per heavy atom. The van der Waals surface area contributed by atoms with Gasteiger partial charge in [-0.2, -0.15) is 11.8 Å². The molecule has 0 saturated heterocycles. The first kappa shape index (κ1) is 11.6. The summed E-state index contributed by atoms with van der Waals surface area (Å²) in [6, 6.07) is 1.82. The molecule has 0 aliphatic heterocycles. The minimum Gasteiger partial charge on any atom is -0.370 e. The molecular formula is C9H14ClN3S. The monoisotopic (exact) mass is 231 g/mol. The van der Waals surface area contributed by atoms with Gasteiger partial charge < -0.3 is 5.32 Å². The summed E-state index contributed by atoms with van der Waals surface area (Å²) >= 11 is 7.52. The van der Waals surface area contributed by atoms with Crippen LogP contribution in [0.1, 0.15) is 12.8 Å². The Balaban J connectivity index is 2.18. The van der Waals surface area contributed by atoms with Crippen LogP contribution in [0.25, 0.3) is 0 Å². The number of aromatic nitrogens is 2. The third-order valence-corrected chi connectivity index (χ3v) is 2.59. The van der Waals surface area contributed by atoms with Gasteiger partial charge in [-0.3, -0.25) is 0 Å². The van der Waals surface area contributed by atoms with E-state index >= 15 is 0 Å². The van der Waals surface area contributed by atoms with Gasteiger partial charge in [0.1, 0.15) is 5.82 Å². The number of nitrogens with one attached hydrogen (secondary N) is 1. The number of rotatable bonds is 6. The highest BCUT2D eigenvalue weighted by molar-refractivity contribution is 7.98. The molecule has 0 unspecified atom stereocenters. The standard InChI is InChI=1S/C9H14ClN3S/c1-14-7-3-2-5-11-8-4-6-12-9(10)13-8/h4,6H,2-3,5,7H2,1H3,(H,11,12,13). The first-order valence-corrected chi connectivity index (χ1v) is 6.31. The van der Waals surface area contributed by atoms with Crippen LogP contribution < -0.4 is 5.32 Å². The van der Waals surface area contributed by atoms with Crippen molar-refractivity contribution in [3.63, 3.8) is 0 Å². The summed E-state index contributed by atoms with van der Waals surface area (Å²) in [7, 11) is 0. The molecule has 3 nitrogen and oxygen atoms in total. The van der Waals surface area contributed by atoms with Gasteiger partial charge in [0.05, 0.1) is 0 Å². The Morgan fingerprint density at radius 3 is 3.07 bits per heavy atom. The zero-order valence-electron chi connectivity index (χ0n) is 8.16. The fourth-order valence-corrected chi connectivity index (χ4v) is 1.66. The maximum Gasteiger partial charge on any atom is 0.224 e. The van der Waals surface area contributed by atoms with Crippen LogP contribution in [0.15, 0.2) is 12.3 Å². The maximum absolute atomic E-state index is 5.64. The van der Waals surface area contributed by atoms with Crippen molar-refractivity contribution >= 4 is 29.2 Å². The maximum atomic E-state index is 5.64. The quantitative estimate of drug-likeness (QED) is 0.604. The van der Waals surface area contributed by atoms with E-state index in [1.165, 1.54) is 12.2 Å². The second kappa shape index (κ2) is 6.90. The van der Waals surface area contributed by atoms with E-state index < -0.39 is 0 Å². The Morgan fingerprint density at radius 2 is 2.36 bits per heavy atom. The van der Waals surface area contributed by atoms with Crippen molar-refractivity contribution in [3.05, 3.63) is 17.5 Å². The van der Waals surface area contributed by atoms with Crippen LogP contribution in [-0.4, -0.2) is 28.5 Å². The molecule has 0 amide bonds. The van der Waals surface area contributed by atoms with Gasteiger partial charge in [-0.05, 0) is 42.5 Å². The van der Waals surface area contributed by atoms with E-state index in [4.69, 9.17) is 11.6 Å². The van der Waals surface area contributed by atoms with Crippen molar-refractivity contribution < 1.29 is 0 Å². The molecule has 0 radical (unpaired) electrons. The van der Waals surface area contributed by atoms with E-state index in [1.807, 2.05) is 17.8 Å². The van der Waals surface area contributed by atoms with Gasteiger partial charge in [0.15, 0.2) is 0 Å². The van der Waals surface area contributed by atoms with Crippen molar-refractivity contribution in [1.29, 1.82) is 0 Å². The third kappa shape index (κ3) is 4.67. The summed E-state index contributed by atoms with van der Waals surface area (Å²) in [6.45, 7) is 0.938. The average molecular weight is 232 g/mol. The van der Waals surface area contributed by atoms with Crippen LogP contribution in [-0.2, 0) is 0 Å². The van der Waals surface area contributed by atoms with Crippen molar-refractivity contribution in [2.24, 2.45) is 0 Å². The first-order valence-electron chi connectivity index (χ1n) is 4.54. The molecule has 1 N–H and O–H groups in total. The Labute approximate surface area is 93.7 Å². The molecule has 1 rings (SSSR count). The molecule has 0 saturated carbocycles. The van der Waals surface area contributed by atoms with E-state index in [0.29, 0.717) is 5.28 Å². The number of thioether (sulfide) groups is 1. The predicted octanol–water partition coefficient (Wildman–Crippen LogP) is 2.69. The lowest BCUT2D eigenvalue weighted by molar-refractivity contribution is 0.839. The van der Waals surface area contributed by atoms with Crippen LogP contribution in [0.3, 0.4) is 0 Å². The van der Waals surface area contributed by atoms with E-state index in [-0.39, 0.29) is 0 Å². The van der Waals surface area contributed by atoms with E-state index in [1.54, 1.807) is 6.20 Å². The summed E-state index contributed by atoms with van der Waals surface area (Å²) in [5.74, 6) is 2.01. The minimum atomic E-state index is 0.291. The highest BCUT2D eigenvalue weighted by Gasteiger charge is 1.94. The fourth-order valence-electron chi connectivity index (χ4n) is 1.02. The molecule has 14 heavy (non-hydrogen) atoms. The van der Waals surface area contributed by atoms with Crippen LogP contribution in [0.2, 0.25) is 5.28 Å². The molecule has 0 fully saturated rings. The first-order chi connectivity index (χ1) is 6.83. The highest BCUT2D eigenvalue weighted by Crippen LogP contribution is 2.06. The van der Waals surface area contributed by atoms with Crippen LogP contribution in [0.5, 0.6) is 0 Å². The molecule has 1 aromatic heterocycles. The molecule has 0 atom stereocenters. The van der Waals surface area contributed by atoms with Gasteiger partial charge in [-0.1, -0.05) is 0 Å². The van der Waals surface area contributed by atoms with Crippen molar-refractivity contribution in [2.75, 3.05) is 23.9 Å². The largest absolute Gasteiger partial charge is 0.370 e. The number of hydrogen-bond acceptors (Lipinski definition) is 4. The number of halogens is 1. The van der Waals surface area contributed by atoms with Gasteiger partial charge >= 0.3 is 0 Å². The highest BCUT2D eigenvalue weighted by atomic mass is 35.5. The van der Waals surface area contributed by atoms with Gasteiger partial charge in [-0.15, -0.1) is 0 Å². The molecule has 0 bridgehead atoms. The Kier molecular flexibility index (Phi) is 5.71. The number of unbranched alkanes of at least 4 members (excludes halogenated alkanes) is 1. The van der Waals surface area contributed by atoms with Crippen molar-refractivity contribution in [1.82, 2.24) is 9.97 Å². The lowest BCUT2D eigenvalue weighted by atomic mass is 10.3. The molecule has 0 spiro atoms. The van der Waals surface area contributed by atoms with Crippen molar-refractivity contribution in [3.8, 4) is 0 Å². The molecule has 0 aliphatic rings. The SMILES string of the molecule is CSCCCCNc1ccnc(Cl)n1. The third-order valence-electron chi connectivity index (χ3n) is 1.71. The van der Waals surface area contributed by atoms with E-state index in [2.05, 4.69) is 21.5 Å². The lowest BCUT2D eigenvalue weighted by Crippen LogP contribution is -2.03. The number of hydrogen-bond donors (Lipinski definition) is 1. The molecule has 78 valence electrons. The van der Waals surface area contributed by atoms with Gasteiger partial charge in [-0.25, -0.2) is 9.97 Å². The second-order valence-corrected chi connectivity index (χ2v) is 4.16. The van der Waals surface area contributed by atoms with Crippen LogP contribution in [0.4, 0.5) is 5.82 Å². The molecular weight excluding hydrogens is 218 g/mol. The van der Waals surface area contributed by atoms with Gasteiger partial charge in [0, 0.05) is 12.7 Å². The second-order valence-electron chi connectivity index (χ2n) is 2.84. The van der Waals surface area contributed by atoms with Gasteiger partial charge in [0.2, 0.25) is 5.28 Å². The van der Waals surface area contributed by atoms with Gasteiger partial charge in [0.25, 0.3) is 0 Å². The zero-order valence-corrected chi connectivity index (χ0v) is 9.74. The fraction of sp³-hybridized carbons (Fsp3) is 0.556. The molecule has 5 heteroatoms. The summed E-state index contributed by atoms with van der Waals surface area (Å²) in [4.78, 5) is 7.84. The topological polar surface area (TPSA) is 37.8 Å². The normalized spacial score (nSPS) is 10.1. The minimum absolute atomic E-state index is 0.291. The molecule has 0 aliphatic carbocycles. The van der Waals surface area contributed by atoms with E-state index in [0.717, 1.165) is 18.8 Å². The number of anilines is 1. The smallest absolute Gasteiger partial charge is 0.224 e. The Hall–Kier alpha value is -0.480. The summed E-state index contributed by atoms with van der Waals surface area (Å²) in [5.41, 5.74) is 0. The average Bonchev–Trinajstić information content (AvgIpc) is 2.18. The lowest BCUT2D eigenvalue weighted by Gasteiger charge is -2.04. The summed E-state index contributed by atoms with van der Waals surface area (Å²) < 4.78 is 0. The zero-order chi connectivity index (χ0) is 10.2. The summed E-state index contributed by atoms with van der Waals surface area (Å²) in [6.07, 6.45) is 6.16. The molecule has 1 heterocycles. The van der Waals surface area contributed by atoms with Crippen LogP contribution in [0, 0.1) is 0 Å². The van der Waals surface area contributed by atoms with Crippen molar-refractivity contribution in [2.45, 2.75) is 12.8 Å².